The summed E-state index contributed by atoms with van der Waals surface area (Å²) in [5.41, 5.74) is 14.0. The quantitative estimate of drug-likeness (QED) is 0.225. The molecule has 11 heteroatoms. The zero-order valence-electron chi connectivity index (χ0n) is 24.2. The number of anilines is 1. The normalized spacial score (nSPS) is 15.8. The average Bonchev–Trinajstić information content (AvgIpc) is 3.75. The van der Waals surface area contributed by atoms with Crippen LogP contribution in [0, 0.1) is 13.8 Å². The number of imidazole rings is 1. The molecular formula is C31H36N8O3. The Hall–Kier alpha value is -4.51. The number of nitrogens with zero attached hydrogens (tertiary/aromatic N) is 5. The van der Waals surface area contributed by atoms with Crippen LogP contribution in [0.25, 0.3) is 11.9 Å². The van der Waals surface area contributed by atoms with Gasteiger partial charge in [-0.25, -0.2) is 15.0 Å². The SMILES string of the molecule is CCOC(=O)CCc1nc(NCc2c(C)cc3c(c2C)C=CNC3N)cc(OCc2cn3cc(C4CC4)cnc3n2)n1. The first-order chi connectivity index (χ1) is 20.4. The lowest BCUT2D eigenvalue weighted by molar-refractivity contribution is -0.143. The molecule has 42 heavy (non-hydrogen) atoms. The lowest BCUT2D eigenvalue weighted by atomic mass is 9.90. The van der Waals surface area contributed by atoms with Gasteiger partial charge in [0.1, 0.15) is 24.4 Å². The van der Waals surface area contributed by atoms with Gasteiger partial charge in [-0.05, 0) is 85.2 Å². The number of aromatic nitrogens is 5. The van der Waals surface area contributed by atoms with E-state index in [0.29, 0.717) is 48.8 Å². The van der Waals surface area contributed by atoms with Crippen LogP contribution in [0.3, 0.4) is 0 Å². The largest absolute Gasteiger partial charge is 0.471 e. The van der Waals surface area contributed by atoms with E-state index in [0.717, 1.165) is 22.4 Å². The van der Waals surface area contributed by atoms with Crippen molar-refractivity contribution in [3.63, 3.8) is 0 Å². The Morgan fingerprint density at radius 2 is 2.05 bits per heavy atom. The summed E-state index contributed by atoms with van der Waals surface area (Å²) in [6.45, 7) is 7.10. The Balaban J connectivity index is 1.21. The van der Waals surface area contributed by atoms with E-state index in [1.165, 1.54) is 29.5 Å². The van der Waals surface area contributed by atoms with Crippen molar-refractivity contribution in [1.29, 1.82) is 0 Å². The van der Waals surface area contributed by atoms with Gasteiger partial charge in [0.05, 0.1) is 18.7 Å². The molecule has 3 aromatic heterocycles. The average molecular weight is 569 g/mol. The summed E-state index contributed by atoms with van der Waals surface area (Å²) < 4.78 is 13.1. The molecule has 0 amide bonds. The molecule has 4 aromatic rings. The molecule has 4 heterocycles. The highest BCUT2D eigenvalue weighted by atomic mass is 16.5. The molecule has 0 bridgehead atoms. The third-order valence-electron chi connectivity index (χ3n) is 7.73. The highest BCUT2D eigenvalue weighted by Crippen LogP contribution is 2.39. The Bertz CT molecular complexity index is 1660. The molecule has 2 aliphatic rings. The number of carbonyl (C=O) groups is 1. The summed E-state index contributed by atoms with van der Waals surface area (Å²) in [6.07, 6.45) is 12.6. The first kappa shape index (κ1) is 27.6. The first-order valence-electron chi connectivity index (χ1n) is 14.4. The monoisotopic (exact) mass is 568 g/mol. The number of aryl methyl sites for hydroxylation is 2. The molecule has 1 aromatic carbocycles. The molecule has 1 aliphatic carbocycles. The number of nitrogens with one attached hydrogen (secondary N) is 2. The number of esters is 1. The number of nitrogens with two attached hydrogens (primary N) is 1. The van der Waals surface area contributed by atoms with Crippen molar-refractivity contribution in [1.82, 2.24) is 29.7 Å². The highest BCUT2D eigenvalue weighted by Gasteiger charge is 2.24. The molecule has 1 saturated carbocycles. The van der Waals surface area contributed by atoms with Crippen molar-refractivity contribution in [3.8, 4) is 5.88 Å². The van der Waals surface area contributed by atoms with Gasteiger partial charge in [0.2, 0.25) is 11.7 Å². The maximum atomic E-state index is 12.0. The van der Waals surface area contributed by atoms with E-state index in [2.05, 4.69) is 62.8 Å². The molecule has 218 valence electrons. The van der Waals surface area contributed by atoms with Crippen LogP contribution < -0.4 is 21.1 Å². The summed E-state index contributed by atoms with van der Waals surface area (Å²) in [4.78, 5) is 30.4. The Labute approximate surface area is 244 Å². The minimum atomic E-state index is -0.286. The number of benzene rings is 1. The van der Waals surface area contributed by atoms with Gasteiger partial charge in [0.25, 0.3) is 0 Å². The molecule has 0 saturated heterocycles. The molecule has 6 rings (SSSR count). The van der Waals surface area contributed by atoms with E-state index in [1.807, 2.05) is 23.0 Å². The second-order valence-electron chi connectivity index (χ2n) is 10.8. The van der Waals surface area contributed by atoms with E-state index in [9.17, 15) is 4.79 Å². The molecule has 1 atom stereocenters. The van der Waals surface area contributed by atoms with Crippen molar-refractivity contribution < 1.29 is 14.3 Å². The minimum Gasteiger partial charge on any atom is -0.471 e. The Morgan fingerprint density at radius 3 is 2.86 bits per heavy atom. The molecule has 1 unspecified atom stereocenters. The van der Waals surface area contributed by atoms with Gasteiger partial charge >= 0.3 is 5.97 Å². The second-order valence-corrected chi connectivity index (χ2v) is 10.8. The van der Waals surface area contributed by atoms with Crippen LogP contribution in [-0.2, 0) is 29.1 Å². The zero-order chi connectivity index (χ0) is 29.2. The number of hydrogen-bond donors (Lipinski definition) is 3. The molecule has 4 N–H and O–H groups in total. The molecule has 0 spiro atoms. The Morgan fingerprint density at radius 1 is 1.19 bits per heavy atom. The summed E-state index contributed by atoms with van der Waals surface area (Å²) in [5.74, 6) is 2.46. The number of rotatable bonds is 11. The lowest BCUT2D eigenvalue weighted by Gasteiger charge is -2.24. The molecule has 11 nitrogen and oxygen atoms in total. The standard InChI is InChI=1S/C31H36N8O3/c1-4-41-29(40)8-7-26-37-27(34-14-25-18(2)11-24-23(19(25)3)9-10-33-30(24)32)12-28(38-26)42-17-22-16-39-15-21(20-5-6-20)13-35-31(39)36-22/h9-13,15-16,20,30,33H,4-8,14,17,32H2,1-3H3,(H,34,37,38). The van der Waals surface area contributed by atoms with Crippen LogP contribution in [0.2, 0.25) is 0 Å². The predicted octanol–water partition coefficient (Wildman–Crippen LogP) is 4.23. The van der Waals surface area contributed by atoms with Crippen LogP contribution in [0.4, 0.5) is 5.82 Å². The summed E-state index contributed by atoms with van der Waals surface area (Å²) in [6, 6.07) is 3.91. The predicted molar refractivity (Wildman–Crippen MR) is 159 cm³/mol. The molecule has 1 aliphatic heterocycles. The fourth-order valence-electron chi connectivity index (χ4n) is 5.32. The van der Waals surface area contributed by atoms with Crippen molar-refractivity contribution in [2.24, 2.45) is 5.73 Å². The van der Waals surface area contributed by atoms with E-state index in [1.54, 1.807) is 13.0 Å². The van der Waals surface area contributed by atoms with Gasteiger partial charge in [-0.2, -0.15) is 4.98 Å². The van der Waals surface area contributed by atoms with Gasteiger partial charge < -0.3 is 25.8 Å². The van der Waals surface area contributed by atoms with Crippen LogP contribution >= 0.6 is 0 Å². The Kier molecular flexibility index (Phi) is 7.75. The second kappa shape index (κ2) is 11.8. The summed E-state index contributed by atoms with van der Waals surface area (Å²) in [7, 11) is 0. The maximum absolute atomic E-state index is 12.0. The van der Waals surface area contributed by atoms with E-state index in [-0.39, 0.29) is 25.2 Å². The van der Waals surface area contributed by atoms with Gasteiger partial charge in [-0.3, -0.25) is 9.20 Å². The fourth-order valence-corrected chi connectivity index (χ4v) is 5.32. The third-order valence-corrected chi connectivity index (χ3v) is 7.73. The lowest BCUT2D eigenvalue weighted by Crippen LogP contribution is -2.28. The van der Waals surface area contributed by atoms with E-state index < -0.39 is 0 Å². The van der Waals surface area contributed by atoms with Gasteiger partial charge in [-0.15, -0.1) is 0 Å². The highest BCUT2D eigenvalue weighted by molar-refractivity contribution is 5.69. The van der Waals surface area contributed by atoms with Crippen LogP contribution in [0.5, 0.6) is 5.88 Å². The minimum absolute atomic E-state index is 0.182. The zero-order valence-corrected chi connectivity index (χ0v) is 24.2. The van der Waals surface area contributed by atoms with Crippen molar-refractivity contribution in [2.75, 3.05) is 11.9 Å². The van der Waals surface area contributed by atoms with Crippen LogP contribution in [0.1, 0.15) is 83.2 Å². The first-order valence-corrected chi connectivity index (χ1v) is 14.4. The van der Waals surface area contributed by atoms with E-state index in [4.69, 9.17) is 15.2 Å². The maximum Gasteiger partial charge on any atom is 0.306 e. The summed E-state index contributed by atoms with van der Waals surface area (Å²) in [5, 5.41) is 6.61. The smallest absolute Gasteiger partial charge is 0.306 e. The molecule has 0 radical (unpaired) electrons. The number of ether oxygens (including phenoxy) is 2. The molecular weight excluding hydrogens is 532 g/mol. The van der Waals surface area contributed by atoms with Crippen molar-refractivity contribution in [3.05, 3.63) is 81.8 Å². The number of hydrogen-bond acceptors (Lipinski definition) is 10. The van der Waals surface area contributed by atoms with Crippen molar-refractivity contribution in [2.45, 2.75) is 71.7 Å². The van der Waals surface area contributed by atoms with Gasteiger partial charge in [-0.1, -0.05) is 6.07 Å². The fraction of sp³-hybridized carbons (Fsp3) is 0.387. The summed E-state index contributed by atoms with van der Waals surface area (Å²) >= 11 is 0. The topological polar surface area (TPSA) is 142 Å². The number of fused-ring (bicyclic) bond motifs is 2. The van der Waals surface area contributed by atoms with Crippen molar-refractivity contribution >= 4 is 23.6 Å². The third kappa shape index (κ3) is 6.06. The van der Waals surface area contributed by atoms with E-state index >= 15 is 0 Å². The van der Waals surface area contributed by atoms with Crippen LogP contribution in [-0.4, -0.2) is 36.9 Å². The van der Waals surface area contributed by atoms with Gasteiger partial charge in [0.15, 0.2) is 0 Å². The van der Waals surface area contributed by atoms with Crippen LogP contribution in [0.15, 0.2) is 36.9 Å². The van der Waals surface area contributed by atoms with Gasteiger partial charge in [0, 0.05) is 37.6 Å². The number of carbonyl (C=O) groups excluding carboxylic acids is 1. The molecule has 1 fully saturated rings.